The van der Waals surface area contributed by atoms with Gasteiger partial charge in [-0.1, -0.05) is 18.2 Å². The lowest BCUT2D eigenvalue weighted by atomic mass is 9.89. The highest BCUT2D eigenvalue weighted by molar-refractivity contribution is 5.73. The molecule has 132 valence electrons. The summed E-state index contributed by atoms with van der Waals surface area (Å²) < 4.78 is 14.0. The Balaban J connectivity index is 1.71. The van der Waals surface area contributed by atoms with E-state index < -0.39 is 6.10 Å². The Morgan fingerprint density at radius 2 is 1.92 bits per heavy atom. The van der Waals surface area contributed by atoms with Gasteiger partial charge in [-0.25, -0.2) is 4.39 Å². The first kappa shape index (κ1) is 17.4. The number of nitrogens with zero attached hydrogens (tertiary/aromatic N) is 2. The predicted molar refractivity (Wildman–Crippen MR) is 91.1 cm³/mol. The van der Waals surface area contributed by atoms with Crippen molar-refractivity contribution in [3.63, 3.8) is 0 Å². The topological polar surface area (TPSA) is 43.8 Å². The van der Waals surface area contributed by atoms with E-state index in [4.69, 9.17) is 0 Å². The van der Waals surface area contributed by atoms with Gasteiger partial charge in [0.2, 0.25) is 5.91 Å². The van der Waals surface area contributed by atoms with E-state index in [1.165, 1.54) is 6.07 Å². The van der Waals surface area contributed by atoms with E-state index >= 15 is 0 Å². The molecule has 1 N–H and O–H groups in total. The Kier molecular flexibility index (Phi) is 5.51. The normalized spacial score (nSPS) is 26.5. The van der Waals surface area contributed by atoms with Gasteiger partial charge in [0, 0.05) is 32.1 Å². The fraction of sp³-hybridized carbons (Fsp3) is 0.632. The number of carbonyl (C=O) groups is 1. The Labute approximate surface area is 143 Å². The first-order valence-electron chi connectivity index (χ1n) is 8.99. The van der Waals surface area contributed by atoms with E-state index in [1.807, 2.05) is 17.0 Å². The molecule has 2 heterocycles. The van der Waals surface area contributed by atoms with Gasteiger partial charge in [0.05, 0.1) is 6.10 Å². The summed E-state index contributed by atoms with van der Waals surface area (Å²) in [4.78, 5) is 15.8. The molecule has 5 heteroatoms. The number of rotatable bonds is 3. The zero-order valence-electron chi connectivity index (χ0n) is 14.3. The number of halogens is 1. The molecule has 0 spiro atoms. The molecule has 1 aromatic rings. The molecule has 0 aromatic heterocycles. The maximum absolute atomic E-state index is 14.0. The molecule has 4 nitrogen and oxygen atoms in total. The van der Waals surface area contributed by atoms with Gasteiger partial charge in [-0.3, -0.25) is 9.69 Å². The SMILES string of the molecule is CC(=O)N1CCC(N2CCC[C@H](O)[C@@H]2Cc2ccccc2F)CC1. The van der Waals surface area contributed by atoms with Crippen LogP contribution in [0.2, 0.25) is 0 Å². The van der Waals surface area contributed by atoms with Crippen molar-refractivity contribution in [3.05, 3.63) is 35.6 Å². The first-order chi connectivity index (χ1) is 11.6. The predicted octanol–water partition coefficient (Wildman–Crippen LogP) is 2.20. The third-order valence-electron chi connectivity index (χ3n) is 5.55. The second-order valence-electron chi connectivity index (χ2n) is 7.05. The molecular formula is C19H27FN2O2. The van der Waals surface area contributed by atoms with Gasteiger partial charge in [-0.2, -0.15) is 0 Å². The molecule has 3 rings (SSSR count). The molecule has 2 aliphatic heterocycles. The van der Waals surface area contributed by atoms with Crippen LogP contribution in [0.25, 0.3) is 0 Å². The monoisotopic (exact) mass is 334 g/mol. The molecule has 2 saturated heterocycles. The van der Waals surface area contributed by atoms with Crippen molar-refractivity contribution in [1.82, 2.24) is 9.80 Å². The number of amides is 1. The van der Waals surface area contributed by atoms with Crippen LogP contribution in [0.3, 0.4) is 0 Å². The van der Waals surface area contributed by atoms with Crippen LogP contribution >= 0.6 is 0 Å². The fourth-order valence-corrected chi connectivity index (χ4v) is 4.17. The van der Waals surface area contributed by atoms with Gasteiger partial charge in [0.1, 0.15) is 5.82 Å². The smallest absolute Gasteiger partial charge is 0.219 e. The van der Waals surface area contributed by atoms with Crippen LogP contribution in [-0.4, -0.2) is 58.6 Å². The number of hydrogen-bond acceptors (Lipinski definition) is 3. The second-order valence-corrected chi connectivity index (χ2v) is 7.05. The van der Waals surface area contributed by atoms with E-state index in [1.54, 1.807) is 13.0 Å². The maximum atomic E-state index is 14.0. The van der Waals surface area contributed by atoms with E-state index in [0.29, 0.717) is 18.0 Å². The van der Waals surface area contributed by atoms with Crippen molar-refractivity contribution in [2.45, 2.75) is 57.2 Å². The lowest BCUT2D eigenvalue weighted by molar-refractivity contribution is -0.131. The molecule has 2 fully saturated rings. The van der Waals surface area contributed by atoms with Crippen molar-refractivity contribution in [2.24, 2.45) is 0 Å². The van der Waals surface area contributed by atoms with Gasteiger partial charge in [-0.15, -0.1) is 0 Å². The summed E-state index contributed by atoms with van der Waals surface area (Å²) in [5.74, 6) is -0.0587. The van der Waals surface area contributed by atoms with E-state index in [-0.39, 0.29) is 17.8 Å². The van der Waals surface area contributed by atoms with Crippen LogP contribution < -0.4 is 0 Å². The number of piperidine rings is 2. The molecule has 0 radical (unpaired) electrons. The van der Waals surface area contributed by atoms with Crippen LogP contribution in [0, 0.1) is 5.82 Å². The van der Waals surface area contributed by atoms with Crippen molar-refractivity contribution >= 4 is 5.91 Å². The largest absolute Gasteiger partial charge is 0.391 e. The molecule has 2 aliphatic rings. The molecule has 2 atom stereocenters. The second kappa shape index (κ2) is 7.62. The number of hydrogen-bond donors (Lipinski definition) is 1. The van der Waals surface area contributed by atoms with Crippen molar-refractivity contribution in [3.8, 4) is 0 Å². The Bertz CT molecular complexity index is 572. The lowest BCUT2D eigenvalue weighted by Gasteiger charge is -2.46. The number of likely N-dealkylation sites (tertiary alicyclic amines) is 2. The molecule has 0 aliphatic carbocycles. The third-order valence-corrected chi connectivity index (χ3v) is 5.55. The van der Waals surface area contributed by atoms with Crippen molar-refractivity contribution < 1.29 is 14.3 Å². The molecule has 0 saturated carbocycles. The van der Waals surface area contributed by atoms with Crippen LogP contribution in [0.15, 0.2) is 24.3 Å². The van der Waals surface area contributed by atoms with Crippen LogP contribution in [0.1, 0.15) is 38.2 Å². The van der Waals surface area contributed by atoms with Gasteiger partial charge in [0.15, 0.2) is 0 Å². The number of benzene rings is 1. The summed E-state index contributed by atoms with van der Waals surface area (Å²) >= 11 is 0. The van der Waals surface area contributed by atoms with Gasteiger partial charge < -0.3 is 10.0 Å². The zero-order valence-corrected chi connectivity index (χ0v) is 14.3. The van der Waals surface area contributed by atoms with Gasteiger partial charge in [0.25, 0.3) is 0 Å². The first-order valence-corrected chi connectivity index (χ1v) is 8.99. The minimum atomic E-state index is -0.413. The van der Waals surface area contributed by atoms with Gasteiger partial charge in [-0.05, 0) is 50.3 Å². The standard InChI is InChI=1S/C19H27FN2O2/c1-14(23)21-11-8-16(9-12-21)22-10-4-7-19(24)18(22)13-15-5-2-3-6-17(15)20/h2-3,5-6,16,18-19,24H,4,7-13H2,1H3/t18-,19-/m0/s1. The number of carbonyl (C=O) groups excluding carboxylic acids is 1. The third kappa shape index (κ3) is 3.78. The Morgan fingerprint density at radius 1 is 1.21 bits per heavy atom. The molecule has 1 amide bonds. The number of aliphatic hydroxyl groups is 1. The summed E-state index contributed by atoms with van der Waals surface area (Å²) in [6.45, 7) is 4.12. The maximum Gasteiger partial charge on any atom is 0.219 e. The average molecular weight is 334 g/mol. The number of aliphatic hydroxyl groups excluding tert-OH is 1. The highest BCUT2D eigenvalue weighted by atomic mass is 19.1. The Hall–Kier alpha value is -1.46. The summed E-state index contributed by atoms with van der Waals surface area (Å²) in [6.07, 6.45) is 3.74. The highest BCUT2D eigenvalue weighted by Crippen LogP contribution is 2.28. The van der Waals surface area contributed by atoms with E-state index in [0.717, 1.165) is 45.3 Å². The van der Waals surface area contributed by atoms with Crippen LogP contribution in [0.4, 0.5) is 4.39 Å². The summed E-state index contributed by atoms with van der Waals surface area (Å²) in [5.41, 5.74) is 0.676. The molecule has 0 unspecified atom stereocenters. The Morgan fingerprint density at radius 3 is 2.58 bits per heavy atom. The lowest BCUT2D eigenvalue weighted by Crippen LogP contribution is -2.56. The highest BCUT2D eigenvalue weighted by Gasteiger charge is 2.36. The summed E-state index contributed by atoms with van der Waals surface area (Å²) in [5, 5.41) is 10.5. The van der Waals surface area contributed by atoms with E-state index in [2.05, 4.69) is 4.90 Å². The summed E-state index contributed by atoms with van der Waals surface area (Å²) in [6, 6.07) is 7.18. The van der Waals surface area contributed by atoms with Crippen molar-refractivity contribution in [2.75, 3.05) is 19.6 Å². The minimum Gasteiger partial charge on any atom is -0.391 e. The average Bonchev–Trinajstić information content (AvgIpc) is 2.58. The minimum absolute atomic E-state index is 0.0375. The van der Waals surface area contributed by atoms with Crippen LogP contribution in [-0.2, 0) is 11.2 Å². The quantitative estimate of drug-likeness (QED) is 0.922. The zero-order chi connectivity index (χ0) is 17.1. The molecule has 1 aromatic carbocycles. The van der Waals surface area contributed by atoms with Crippen molar-refractivity contribution in [1.29, 1.82) is 0 Å². The molecule has 24 heavy (non-hydrogen) atoms. The van der Waals surface area contributed by atoms with Gasteiger partial charge >= 0.3 is 0 Å². The molecular weight excluding hydrogens is 307 g/mol. The fourth-order valence-electron chi connectivity index (χ4n) is 4.17. The van der Waals surface area contributed by atoms with Crippen LogP contribution in [0.5, 0.6) is 0 Å². The summed E-state index contributed by atoms with van der Waals surface area (Å²) in [7, 11) is 0. The molecule has 0 bridgehead atoms. The van der Waals surface area contributed by atoms with E-state index in [9.17, 15) is 14.3 Å².